The van der Waals surface area contributed by atoms with E-state index in [1.807, 2.05) is 22.8 Å². The highest BCUT2D eigenvalue weighted by Crippen LogP contribution is 2.27. The Labute approximate surface area is 150 Å². The molecule has 25 heavy (non-hydrogen) atoms. The summed E-state index contributed by atoms with van der Waals surface area (Å²) in [4.78, 5) is 28.9. The van der Waals surface area contributed by atoms with Crippen molar-refractivity contribution in [3.8, 4) is 0 Å². The lowest BCUT2D eigenvalue weighted by molar-refractivity contribution is -0.127. The average molecular weight is 346 g/mol. The monoisotopic (exact) mass is 346 g/mol. The maximum absolute atomic E-state index is 13.1. The third-order valence-corrected chi connectivity index (χ3v) is 5.53. The first-order chi connectivity index (χ1) is 12.0. The predicted octanol–water partition coefficient (Wildman–Crippen LogP) is 3.72. The van der Waals surface area contributed by atoms with Crippen LogP contribution in [0, 0.1) is 6.92 Å². The minimum absolute atomic E-state index is 0.0885. The summed E-state index contributed by atoms with van der Waals surface area (Å²) in [7, 11) is 0. The number of carbonyl (C=O) groups excluding carboxylic acids is 2. The second-order valence-electron chi connectivity index (χ2n) is 7.69. The molecule has 0 saturated carbocycles. The van der Waals surface area contributed by atoms with E-state index < -0.39 is 0 Å². The Morgan fingerprint density at radius 2 is 2.08 bits per heavy atom. The molecular weight excluding hydrogens is 316 g/mol. The van der Waals surface area contributed by atoms with E-state index in [1.165, 1.54) is 0 Å². The van der Waals surface area contributed by atoms with E-state index in [-0.39, 0.29) is 23.8 Å². The van der Waals surface area contributed by atoms with Crippen LogP contribution in [0.1, 0.15) is 80.2 Å². The summed E-state index contributed by atoms with van der Waals surface area (Å²) in [5.74, 6) is 2.22. The second-order valence-corrected chi connectivity index (χ2v) is 7.69. The van der Waals surface area contributed by atoms with E-state index in [2.05, 4.69) is 13.8 Å². The molecule has 2 aliphatic rings. The quantitative estimate of drug-likeness (QED) is 0.816. The van der Waals surface area contributed by atoms with Crippen LogP contribution in [0.25, 0.3) is 0 Å². The fourth-order valence-electron chi connectivity index (χ4n) is 3.97. The number of amides is 2. The van der Waals surface area contributed by atoms with Gasteiger partial charge in [-0.3, -0.25) is 9.59 Å². The fraction of sp³-hybridized carbons (Fsp3) is 0.700. The van der Waals surface area contributed by atoms with Crippen molar-refractivity contribution in [3.63, 3.8) is 0 Å². The van der Waals surface area contributed by atoms with Gasteiger partial charge in [0.2, 0.25) is 5.91 Å². The van der Waals surface area contributed by atoms with Crippen LogP contribution in [0.15, 0.2) is 10.5 Å². The highest BCUT2D eigenvalue weighted by molar-refractivity contribution is 5.95. The molecule has 1 aromatic rings. The predicted molar refractivity (Wildman–Crippen MR) is 96.6 cm³/mol. The molecule has 0 bridgehead atoms. The SMILES string of the molecule is Cc1oc(C(C)C)cc1C(=O)N1CCCCC1CCN1CCCC1=O. The van der Waals surface area contributed by atoms with Crippen molar-refractivity contribution in [2.45, 2.75) is 71.3 Å². The molecule has 5 heteroatoms. The summed E-state index contributed by atoms with van der Waals surface area (Å²) in [5, 5.41) is 0. The summed E-state index contributed by atoms with van der Waals surface area (Å²) in [5.41, 5.74) is 0.702. The number of carbonyl (C=O) groups is 2. The molecule has 2 saturated heterocycles. The van der Waals surface area contributed by atoms with E-state index >= 15 is 0 Å². The molecule has 1 unspecified atom stereocenters. The Hall–Kier alpha value is -1.78. The van der Waals surface area contributed by atoms with E-state index in [0.29, 0.717) is 17.7 Å². The molecule has 0 spiro atoms. The fourth-order valence-corrected chi connectivity index (χ4v) is 3.97. The van der Waals surface area contributed by atoms with Gasteiger partial charge in [0.25, 0.3) is 5.91 Å². The molecule has 138 valence electrons. The first-order valence-electron chi connectivity index (χ1n) is 9.66. The van der Waals surface area contributed by atoms with Crippen LogP contribution in [0.5, 0.6) is 0 Å². The van der Waals surface area contributed by atoms with Gasteiger partial charge >= 0.3 is 0 Å². The molecule has 0 N–H and O–H groups in total. The van der Waals surface area contributed by atoms with Gasteiger partial charge in [-0.25, -0.2) is 0 Å². The van der Waals surface area contributed by atoms with Crippen LogP contribution in [-0.4, -0.2) is 47.3 Å². The number of likely N-dealkylation sites (tertiary alicyclic amines) is 2. The highest BCUT2D eigenvalue weighted by atomic mass is 16.3. The Balaban J connectivity index is 1.69. The van der Waals surface area contributed by atoms with Gasteiger partial charge in [0.15, 0.2) is 0 Å². The molecular formula is C20H30N2O3. The lowest BCUT2D eigenvalue weighted by atomic mass is 9.97. The number of aryl methyl sites for hydroxylation is 1. The third kappa shape index (κ3) is 3.91. The number of nitrogens with zero attached hydrogens (tertiary/aromatic N) is 2. The van der Waals surface area contributed by atoms with Crippen LogP contribution >= 0.6 is 0 Å². The molecule has 1 aromatic heterocycles. The molecule has 1 atom stereocenters. The number of furan rings is 1. The van der Waals surface area contributed by atoms with Gasteiger partial charge in [-0.05, 0) is 45.1 Å². The Morgan fingerprint density at radius 1 is 1.28 bits per heavy atom. The standard InChI is InChI=1S/C20H30N2O3/c1-14(2)18-13-17(15(3)25-18)20(24)22-11-5-4-7-16(22)9-12-21-10-6-8-19(21)23/h13-14,16H,4-12H2,1-3H3. The van der Waals surface area contributed by atoms with Gasteiger partial charge in [-0.2, -0.15) is 0 Å². The van der Waals surface area contributed by atoms with Gasteiger partial charge in [-0.15, -0.1) is 0 Å². The molecule has 3 rings (SSSR count). The van der Waals surface area contributed by atoms with Crippen LogP contribution in [0.3, 0.4) is 0 Å². The first-order valence-corrected chi connectivity index (χ1v) is 9.66. The molecule has 0 radical (unpaired) electrons. The smallest absolute Gasteiger partial charge is 0.257 e. The topological polar surface area (TPSA) is 53.8 Å². The number of rotatable bonds is 5. The van der Waals surface area contributed by atoms with Gasteiger partial charge in [0.1, 0.15) is 11.5 Å². The normalized spacial score (nSPS) is 21.4. The summed E-state index contributed by atoms with van der Waals surface area (Å²) in [6.45, 7) is 8.47. The maximum Gasteiger partial charge on any atom is 0.257 e. The number of piperidine rings is 1. The van der Waals surface area contributed by atoms with Crippen molar-refractivity contribution >= 4 is 11.8 Å². The number of hydrogen-bond acceptors (Lipinski definition) is 3. The molecule has 2 amide bonds. The van der Waals surface area contributed by atoms with Crippen LogP contribution in [0.4, 0.5) is 0 Å². The lowest BCUT2D eigenvalue weighted by Gasteiger charge is -2.36. The van der Waals surface area contributed by atoms with Crippen molar-refractivity contribution in [1.82, 2.24) is 9.80 Å². The highest BCUT2D eigenvalue weighted by Gasteiger charge is 2.31. The Kier molecular flexibility index (Phi) is 5.50. The van der Waals surface area contributed by atoms with Gasteiger partial charge < -0.3 is 14.2 Å². The van der Waals surface area contributed by atoms with E-state index in [9.17, 15) is 9.59 Å². The minimum atomic E-state index is 0.0885. The summed E-state index contributed by atoms with van der Waals surface area (Å²) >= 11 is 0. The van der Waals surface area contributed by atoms with E-state index in [4.69, 9.17) is 4.42 Å². The minimum Gasteiger partial charge on any atom is -0.465 e. The summed E-state index contributed by atoms with van der Waals surface area (Å²) < 4.78 is 5.78. The third-order valence-electron chi connectivity index (χ3n) is 5.53. The van der Waals surface area contributed by atoms with Crippen LogP contribution < -0.4 is 0 Å². The number of hydrogen-bond donors (Lipinski definition) is 0. The van der Waals surface area contributed by atoms with Crippen molar-refractivity contribution < 1.29 is 14.0 Å². The Bertz CT molecular complexity index is 635. The first kappa shape index (κ1) is 18.0. The van der Waals surface area contributed by atoms with Gasteiger partial charge in [-0.1, -0.05) is 13.8 Å². The van der Waals surface area contributed by atoms with Crippen LogP contribution in [-0.2, 0) is 4.79 Å². The Morgan fingerprint density at radius 3 is 2.72 bits per heavy atom. The maximum atomic E-state index is 13.1. The molecule has 2 aliphatic heterocycles. The van der Waals surface area contributed by atoms with Gasteiger partial charge in [0, 0.05) is 38.0 Å². The van der Waals surface area contributed by atoms with Crippen molar-refractivity contribution in [1.29, 1.82) is 0 Å². The largest absolute Gasteiger partial charge is 0.465 e. The summed E-state index contributed by atoms with van der Waals surface area (Å²) in [6, 6.07) is 2.14. The van der Waals surface area contributed by atoms with Crippen molar-refractivity contribution in [2.75, 3.05) is 19.6 Å². The van der Waals surface area contributed by atoms with Crippen molar-refractivity contribution in [3.05, 3.63) is 23.2 Å². The van der Waals surface area contributed by atoms with E-state index in [1.54, 1.807) is 0 Å². The molecule has 0 aliphatic carbocycles. The summed E-state index contributed by atoms with van der Waals surface area (Å²) in [6.07, 6.45) is 5.77. The lowest BCUT2D eigenvalue weighted by Crippen LogP contribution is -2.45. The molecule has 2 fully saturated rings. The zero-order valence-electron chi connectivity index (χ0n) is 15.7. The zero-order chi connectivity index (χ0) is 18.0. The molecule has 5 nitrogen and oxygen atoms in total. The van der Waals surface area contributed by atoms with E-state index in [0.717, 1.165) is 57.5 Å². The molecule has 0 aromatic carbocycles. The second kappa shape index (κ2) is 7.63. The van der Waals surface area contributed by atoms with Crippen molar-refractivity contribution in [2.24, 2.45) is 0 Å². The molecule has 3 heterocycles. The van der Waals surface area contributed by atoms with Gasteiger partial charge in [0.05, 0.1) is 5.56 Å². The zero-order valence-corrected chi connectivity index (χ0v) is 15.7. The van der Waals surface area contributed by atoms with Crippen LogP contribution in [0.2, 0.25) is 0 Å². The average Bonchev–Trinajstić information content (AvgIpc) is 3.18.